The Morgan fingerprint density at radius 1 is 1.56 bits per heavy atom. The molecule has 0 atom stereocenters. The molecular weight excluding hydrogens is 230 g/mol. The summed E-state index contributed by atoms with van der Waals surface area (Å²) >= 11 is 0. The number of nitrogens with one attached hydrogen (secondary N) is 1. The van der Waals surface area contributed by atoms with Gasteiger partial charge in [-0.3, -0.25) is 5.32 Å². The topological polar surface area (TPSA) is 58.6 Å². The number of hydrogen-bond acceptors (Lipinski definition) is 3. The maximum atomic E-state index is 10.8. The number of hydrogen-bond donors (Lipinski definition) is 2. The third-order valence-corrected chi connectivity index (χ3v) is 2.38. The summed E-state index contributed by atoms with van der Waals surface area (Å²) in [5.41, 5.74) is -0.156. The van der Waals surface area contributed by atoms with Crippen molar-refractivity contribution in [3.8, 4) is 18.1 Å². The second-order valence-electron chi connectivity index (χ2n) is 4.38. The smallest absolute Gasteiger partial charge is 0.335 e. The second kappa shape index (κ2) is 6.08. The van der Waals surface area contributed by atoms with Gasteiger partial charge in [0.25, 0.3) is 0 Å². The molecule has 0 aliphatic heterocycles. The van der Waals surface area contributed by atoms with E-state index in [4.69, 9.17) is 16.3 Å². The Balaban J connectivity index is 2.43. The first kappa shape index (κ1) is 14.1. The number of rotatable bonds is 6. The molecule has 0 spiro atoms. The lowest BCUT2D eigenvalue weighted by molar-refractivity contribution is 0.0696. The van der Waals surface area contributed by atoms with Gasteiger partial charge in [-0.2, -0.15) is 0 Å². The SMILES string of the molecule is C#CC(C)(C)NCCOc1cccc(C(=O)O)c1. The van der Waals surface area contributed by atoms with Crippen LogP contribution in [0, 0.1) is 12.3 Å². The zero-order valence-corrected chi connectivity index (χ0v) is 10.6. The number of carboxylic acids is 1. The van der Waals surface area contributed by atoms with Gasteiger partial charge in [0.2, 0.25) is 0 Å². The molecule has 1 rings (SSSR count). The highest BCUT2D eigenvalue weighted by atomic mass is 16.5. The number of terminal acetylenes is 1. The first-order chi connectivity index (χ1) is 8.44. The van der Waals surface area contributed by atoms with E-state index in [-0.39, 0.29) is 11.1 Å². The van der Waals surface area contributed by atoms with E-state index in [9.17, 15) is 4.79 Å². The molecular formula is C14H17NO3. The molecule has 0 heterocycles. The van der Waals surface area contributed by atoms with Crippen LogP contribution in [0.4, 0.5) is 0 Å². The minimum atomic E-state index is -0.966. The summed E-state index contributed by atoms with van der Waals surface area (Å²) in [5.74, 6) is 2.19. The van der Waals surface area contributed by atoms with E-state index in [0.29, 0.717) is 18.9 Å². The van der Waals surface area contributed by atoms with E-state index in [2.05, 4.69) is 11.2 Å². The Bertz CT molecular complexity index is 460. The van der Waals surface area contributed by atoms with Crippen LogP contribution < -0.4 is 10.1 Å². The summed E-state index contributed by atoms with van der Waals surface area (Å²) in [6.45, 7) is 4.82. The van der Waals surface area contributed by atoms with Gasteiger partial charge in [-0.05, 0) is 32.0 Å². The highest BCUT2D eigenvalue weighted by Gasteiger charge is 2.11. The van der Waals surface area contributed by atoms with Crippen LogP contribution in [-0.2, 0) is 0 Å². The first-order valence-corrected chi connectivity index (χ1v) is 5.63. The summed E-state index contributed by atoms with van der Waals surface area (Å²) in [4.78, 5) is 10.8. The van der Waals surface area contributed by atoms with E-state index in [1.54, 1.807) is 12.1 Å². The molecule has 0 bridgehead atoms. The summed E-state index contributed by atoms with van der Waals surface area (Å²) in [5, 5.41) is 12.0. The Labute approximate surface area is 107 Å². The number of aromatic carboxylic acids is 1. The van der Waals surface area contributed by atoms with Gasteiger partial charge in [0.05, 0.1) is 11.1 Å². The van der Waals surface area contributed by atoms with Crippen LogP contribution in [-0.4, -0.2) is 29.8 Å². The maximum Gasteiger partial charge on any atom is 0.335 e. The van der Waals surface area contributed by atoms with Crippen molar-refractivity contribution in [2.45, 2.75) is 19.4 Å². The molecule has 0 saturated carbocycles. The highest BCUT2D eigenvalue weighted by molar-refractivity contribution is 5.87. The molecule has 0 unspecified atom stereocenters. The van der Waals surface area contributed by atoms with Crippen LogP contribution in [0.25, 0.3) is 0 Å². The third kappa shape index (κ3) is 4.48. The zero-order chi connectivity index (χ0) is 13.6. The lowest BCUT2D eigenvalue weighted by Crippen LogP contribution is -2.40. The summed E-state index contributed by atoms with van der Waals surface area (Å²) in [6, 6.07) is 6.39. The maximum absolute atomic E-state index is 10.8. The fraction of sp³-hybridized carbons (Fsp3) is 0.357. The molecule has 0 amide bonds. The molecule has 1 aromatic rings. The summed E-state index contributed by atoms with van der Waals surface area (Å²) in [7, 11) is 0. The molecule has 0 aliphatic rings. The Morgan fingerprint density at radius 2 is 2.28 bits per heavy atom. The molecule has 1 aromatic carbocycles. The minimum Gasteiger partial charge on any atom is -0.492 e. The van der Waals surface area contributed by atoms with E-state index in [1.807, 2.05) is 13.8 Å². The van der Waals surface area contributed by atoms with Gasteiger partial charge in [-0.1, -0.05) is 12.0 Å². The zero-order valence-electron chi connectivity index (χ0n) is 10.6. The van der Waals surface area contributed by atoms with Gasteiger partial charge >= 0.3 is 5.97 Å². The molecule has 0 radical (unpaired) electrons. The largest absolute Gasteiger partial charge is 0.492 e. The normalized spacial score (nSPS) is 10.7. The molecule has 0 saturated heterocycles. The number of benzene rings is 1. The number of carbonyl (C=O) groups is 1. The fourth-order valence-corrected chi connectivity index (χ4v) is 1.30. The van der Waals surface area contributed by atoms with Gasteiger partial charge in [0.1, 0.15) is 12.4 Å². The highest BCUT2D eigenvalue weighted by Crippen LogP contribution is 2.13. The Morgan fingerprint density at radius 3 is 2.89 bits per heavy atom. The summed E-state index contributed by atoms with van der Waals surface area (Å²) < 4.78 is 5.44. The molecule has 4 heteroatoms. The van der Waals surface area contributed by atoms with Gasteiger partial charge in [-0.15, -0.1) is 6.42 Å². The molecule has 0 aliphatic carbocycles. The predicted octanol–water partition coefficient (Wildman–Crippen LogP) is 1.77. The van der Waals surface area contributed by atoms with Crippen LogP contribution in [0.1, 0.15) is 24.2 Å². The monoisotopic (exact) mass is 247 g/mol. The predicted molar refractivity (Wildman–Crippen MR) is 69.8 cm³/mol. The lowest BCUT2D eigenvalue weighted by atomic mass is 10.1. The van der Waals surface area contributed by atoms with Crippen LogP contribution in [0.5, 0.6) is 5.75 Å². The van der Waals surface area contributed by atoms with Crippen molar-refractivity contribution in [3.63, 3.8) is 0 Å². The van der Waals surface area contributed by atoms with E-state index >= 15 is 0 Å². The molecule has 18 heavy (non-hydrogen) atoms. The molecule has 96 valence electrons. The first-order valence-electron chi connectivity index (χ1n) is 5.63. The van der Waals surface area contributed by atoms with E-state index in [0.717, 1.165) is 0 Å². The van der Waals surface area contributed by atoms with Gasteiger partial charge in [0.15, 0.2) is 0 Å². The van der Waals surface area contributed by atoms with Gasteiger partial charge in [-0.25, -0.2) is 4.79 Å². The Hall–Kier alpha value is -1.99. The van der Waals surface area contributed by atoms with Crippen LogP contribution in [0.3, 0.4) is 0 Å². The van der Waals surface area contributed by atoms with Crippen molar-refractivity contribution < 1.29 is 14.6 Å². The van der Waals surface area contributed by atoms with Gasteiger partial charge < -0.3 is 9.84 Å². The van der Waals surface area contributed by atoms with Crippen molar-refractivity contribution in [2.75, 3.05) is 13.2 Å². The average molecular weight is 247 g/mol. The van der Waals surface area contributed by atoms with Gasteiger partial charge in [0, 0.05) is 6.54 Å². The Kier molecular flexibility index (Phi) is 4.75. The lowest BCUT2D eigenvalue weighted by Gasteiger charge is -2.19. The molecule has 2 N–H and O–H groups in total. The van der Waals surface area contributed by atoms with Crippen molar-refractivity contribution in [3.05, 3.63) is 29.8 Å². The molecule has 0 fully saturated rings. The van der Waals surface area contributed by atoms with Crippen molar-refractivity contribution in [1.82, 2.24) is 5.32 Å². The minimum absolute atomic E-state index is 0.212. The van der Waals surface area contributed by atoms with E-state index in [1.165, 1.54) is 12.1 Å². The van der Waals surface area contributed by atoms with Crippen molar-refractivity contribution in [2.24, 2.45) is 0 Å². The molecule has 0 aromatic heterocycles. The third-order valence-electron chi connectivity index (χ3n) is 2.38. The average Bonchev–Trinajstić information content (AvgIpc) is 2.35. The quantitative estimate of drug-likeness (QED) is 0.594. The van der Waals surface area contributed by atoms with Crippen LogP contribution >= 0.6 is 0 Å². The van der Waals surface area contributed by atoms with Crippen molar-refractivity contribution in [1.29, 1.82) is 0 Å². The second-order valence-corrected chi connectivity index (χ2v) is 4.38. The standard InChI is InChI=1S/C14H17NO3/c1-4-14(2,3)15-8-9-18-12-7-5-6-11(10-12)13(16)17/h1,5-7,10,15H,8-9H2,2-3H3,(H,16,17). The van der Waals surface area contributed by atoms with Crippen LogP contribution in [0.2, 0.25) is 0 Å². The summed E-state index contributed by atoms with van der Waals surface area (Å²) in [6.07, 6.45) is 5.33. The van der Waals surface area contributed by atoms with E-state index < -0.39 is 5.97 Å². The van der Waals surface area contributed by atoms with Crippen molar-refractivity contribution >= 4 is 5.97 Å². The van der Waals surface area contributed by atoms with Crippen LogP contribution in [0.15, 0.2) is 24.3 Å². The number of carboxylic acid groups (broad SMARTS) is 1. The number of ether oxygens (including phenoxy) is 1. The fourth-order valence-electron chi connectivity index (χ4n) is 1.30. The molecule has 4 nitrogen and oxygen atoms in total.